The Morgan fingerprint density at radius 2 is 1.94 bits per heavy atom. The molecule has 1 aromatic heterocycles. The highest BCUT2D eigenvalue weighted by Crippen LogP contribution is 2.26. The van der Waals surface area contributed by atoms with Crippen molar-refractivity contribution < 1.29 is 4.74 Å². The second-order valence-electron chi connectivity index (χ2n) is 3.84. The Balaban J connectivity index is 2.21. The molecule has 0 aliphatic carbocycles. The van der Waals surface area contributed by atoms with Crippen molar-refractivity contribution in [2.45, 2.75) is 13.3 Å². The van der Waals surface area contributed by atoms with Crippen molar-refractivity contribution in [2.24, 2.45) is 0 Å². The fourth-order valence-electron chi connectivity index (χ4n) is 1.62. The molecular weight excluding hydrogens is 212 g/mol. The highest BCUT2D eigenvalue weighted by Gasteiger charge is 2.02. The van der Waals surface area contributed by atoms with E-state index in [0.717, 1.165) is 29.9 Å². The number of aromatic nitrogens is 1. The Bertz CT molecular complexity index is 480. The summed E-state index contributed by atoms with van der Waals surface area (Å²) in [6, 6.07) is 9.86. The summed E-state index contributed by atoms with van der Waals surface area (Å²) < 4.78 is 5.53. The third kappa shape index (κ3) is 2.75. The molecule has 17 heavy (non-hydrogen) atoms. The molecule has 0 radical (unpaired) electrons. The first-order valence-electron chi connectivity index (χ1n) is 5.74. The number of hydrogen-bond donors (Lipinski definition) is 1. The normalized spacial score (nSPS) is 10.2. The van der Waals surface area contributed by atoms with E-state index < -0.39 is 0 Å². The maximum atomic E-state index is 5.88. The molecule has 0 atom stereocenters. The average molecular weight is 228 g/mol. The first kappa shape index (κ1) is 11.5. The van der Waals surface area contributed by atoms with E-state index in [0.29, 0.717) is 5.69 Å². The summed E-state index contributed by atoms with van der Waals surface area (Å²) in [5, 5.41) is 0. The zero-order valence-electron chi connectivity index (χ0n) is 9.89. The Hall–Kier alpha value is -2.03. The summed E-state index contributed by atoms with van der Waals surface area (Å²) in [6.07, 6.45) is 4.42. The number of nitrogens with two attached hydrogens (primary N) is 1. The Morgan fingerprint density at radius 3 is 2.59 bits per heavy atom. The predicted molar refractivity (Wildman–Crippen MR) is 69.9 cm³/mol. The van der Waals surface area contributed by atoms with Crippen LogP contribution in [-0.2, 0) is 0 Å². The Kier molecular flexibility index (Phi) is 3.60. The van der Waals surface area contributed by atoms with Crippen molar-refractivity contribution in [3.8, 4) is 16.9 Å². The minimum atomic E-state index is 0.690. The Morgan fingerprint density at radius 1 is 1.18 bits per heavy atom. The van der Waals surface area contributed by atoms with Gasteiger partial charge in [-0.25, -0.2) is 0 Å². The van der Waals surface area contributed by atoms with Gasteiger partial charge in [0.25, 0.3) is 0 Å². The van der Waals surface area contributed by atoms with E-state index in [1.54, 1.807) is 12.4 Å². The van der Waals surface area contributed by atoms with Crippen LogP contribution in [0.15, 0.2) is 42.7 Å². The predicted octanol–water partition coefficient (Wildman–Crippen LogP) is 3.12. The monoisotopic (exact) mass is 228 g/mol. The van der Waals surface area contributed by atoms with Gasteiger partial charge in [-0.05, 0) is 30.2 Å². The zero-order valence-corrected chi connectivity index (χ0v) is 9.89. The molecule has 2 rings (SSSR count). The van der Waals surface area contributed by atoms with Gasteiger partial charge in [-0.2, -0.15) is 0 Å². The van der Waals surface area contributed by atoms with Crippen LogP contribution >= 0.6 is 0 Å². The second-order valence-corrected chi connectivity index (χ2v) is 3.84. The molecular formula is C14H16N2O. The van der Waals surface area contributed by atoms with Crippen LogP contribution in [0.1, 0.15) is 13.3 Å². The third-order valence-corrected chi connectivity index (χ3v) is 2.49. The SMILES string of the molecule is CCCOc1ccc(-c2ccncc2N)cc1. The van der Waals surface area contributed by atoms with Crippen molar-refractivity contribution in [3.63, 3.8) is 0 Å². The molecule has 0 bridgehead atoms. The second kappa shape index (κ2) is 5.34. The van der Waals surface area contributed by atoms with Gasteiger partial charge in [-0.3, -0.25) is 4.98 Å². The van der Waals surface area contributed by atoms with E-state index >= 15 is 0 Å². The fourth-order valence-corrected chi connectivity index (χ4v) is 1.62. The smallest absolute Gasteiger partial charge is 0.119 e. The molecule has 88 valence electrons. The van der Waals surface area contributed by atoms with Gasteiger partial charge in [0.1, 0.15) is 5.75 Å². The van der Waals surface area contributed by atoms with Crippen LogP contribution < -0.4 is 10.5 Å². The molecule has 0 unspecified atom stereocenters. The van der Waals surface area contributed by atoms with E-state index in [9.17, 15) is 0 Å². The van der Waals surface area contributed by atoms with Crippen molar-refractivity contribution in [1.29, 1.82) is 0 Å². The lowest BCUT2D eigenvalue weighted by atomic mass is 10.1. The number of anilines is 1. The number of ether oxygens (including phenoxy) is 1. The van der Waals surface area contributed by atoms with Crippen LogP contribution in [0.3, 0.4) is 0 Å². The molecule has 1 heterocycles. The van der Waals surface area contributed by atoms with E-state index in [-0.39, 0.29) is 0 Å². The van der Waals surface area contributed by atoms with Crippen molar-refractivity contribution in [3.05, 3.63) is 42.7 Å². The number of benzene rings is 1. The standard InChI is InChI=1S/C14H16N2O/c1-2-9-17-12-5-3-11(4-6-12)13-7-8-16-10-14(13)15/h3-8,10H,2,9,15H2,1H3. The van der Waals surface area contributed by atoms with Crippen LogP contribution in [0.25, 0.3) is 11.1 Å². The molecule has 0 saturated heterocycles. The largest absolute Gasteiger partial charge is 0.494 e. The molecule has 2 N–H and O–H groups in total. The van der Waals surface area contributed by atoms with Crippen LogP contribution in [0.5, 0.6) is 5.75 Å². The molecule has 0 amide bonds. The van der Waals surface area contributed by atoms with Gasteiger partial charge < -0.3 is 10.5 Å². The number of nitrogen functional groups attached to an aromatic ring is 1. The van der Waals surface area contributed by atoms with Crippen LogP contribution in [0.4, 0.5) is 5.69 Å². The first-order chi connectivity index (χ1) is 8.31. The van der Waals surface area contributed by atoms with Crippen molar-refractivity contribution in [1.82, 2.24) is 4.98 Å². The van der Waals surface area contributed by atoms with Crippen molar-refractivity contribution >= 4 is 5.69 Å². The molecule has 0 spiro atoms. The average Bonchev–Trinajstić information content (AvgIpc) is 2.38. The van der Waals surface area contributed by atoms with Gasteiger partial charge >= 0.3 is 0 Å². The highest BCUT2D eigenvalue weighted by atomic mass is 16.5. The van der Waals surface area contributed by atoms with Gasteiger partial charge in [0.15, 0.2) is 0 Å². The fraction of sp³-hybridized carbons (Fsp3) is 0.214. The van der Waals surface area contributed by atoms with E-state index in [1.807, 2.05) is 30.3 Å². The van der Waals surface area contributed by atoms with Crippen LogP contribution in [0.2, 0.25) is 0 Å². The molecule has 0 saturated carbocycles. The van der Waals surface area contributed by atoms with Crippen molar-refractivity contribution in [2.75, 3.05) is 12.3 Å². The maximum Gasteiger partial charge on any atom is 0.119 e. The summed E-state index contributed by atoms with van der Waals surface area (Å²) >= 11 is 0. The lowest BCUT2D eigenvalue weighted by Gasteiger charge is -2.07. The van der Waals surface area contributed by atoms with Gasteiger partial charge in [-0.15, -0.1) is 0 Å². The van der Waals surface area contributed by atoms with E-state index in [1.165, 1.54) is 0 Å². The number of hydrogen-bond acceptors (Lipinski definition) is 3. The van der Waals surface area contributed by atoms with Gasteiger partial charge in [0.05, 0.1) is 18.5 Å². The molecule has 3 heteroatoms. The summed E-state index contributed by atoms with van der Waals surface area (Å²) in [7, 11) is 0. The minimum absolute atomic E-state index is 0.690. The maximum absolute atomic E-state index is 5.88. The molecule has 3 nitrogen and oxygen atoms in total. The molecule has 0 aliphatic rings. The lowest BCUT2D eigenvalue weighted by Crippen LogP contribution is -1.95. The topological polar surface area (TPSA) is 48.1 Å². The number of nitrogens with zero attached hydrogens (tertiary/aromatic N) is 1. The van der Waals surface area contributed by atoms with Gasteiger partial charge in [0.2, 0.25) is 0 Å². The highest BCUT2D eigenvalue weighted by molar-refractivity contribution is 5.75. The molecule has 1 aromatic carbocycles. The summed E-state index contributed by atoms with van der Waals surface area (Å²) in [5.74, 6) is 0.892. The van der Waals surface area contributed by atoms with E-state index in [2.05, 4.69) is 11.9 Å². The van der Waals surface area contributed by atoms with E-state index in [4.69, 9.17) is 10.5 Å². The quantitative estimate of drug-likeness (QED) is 0.874. The summed E-state index contributed by atoms with van der Waals surface area (Å²) in [6.45, 7) is 2.84. The van der Waals surface area contributed by atoms with Gasteiger partial charge in [-0.1, -0.05) is 19.1 Å². The number of rotatable bonds is 4. The van der Waals surface area contributed by atoms with Crippen LogP contribution in [-0.4, -0.2) is 11.6 Å². The molecule has 0 fully saturated rings. The lowest BCUT2D eigenvalue weighted by molar-refractivity contribution is 0.317. The van der Waals surface area contributed by atoms with Crippen LogP contribution in [0, 0.1) is 0 Å². The zero-order chi connectivity index (χ0) is 12.1. The molecule has 2 aromatic rings. The molecule has 0 aliphatic heterocycles. The summed E-state index contributed by atoms with van der Waals surface area (Å²) in [4.78, 5) is 3.98. The third-order valence-electron chi connectivity index (χ3n) is 2.49. The summed E-state index contributed by atoms with van der Waals surface area (Å²) in [5.41, 5.74) is 8.65. The van der Waals surface area contributed by atoms with Gasteiger partial charge in [0, 0.05) is 11.8 Å². The number of pyridine rings is 1. The Labute approximate surface area is 101 Å². The first-order valence-corrected chi connectivity index (χ1v) is 5.74. The minimum Gasteiger partial charge on any atom is -0.494 e.